The summed E-state index contributed by atoms with van der Waals surface area (Å²) in [5, 5.41) is 6.44. The largest absolute Gasteiger partial charge is 0.314 e. The van der Waals surface area contributed by atoms with E-state index in [2.05, 4.69) is 38.8 Å². The van der Waals surface area contributed by atoms with E-state index < -0.39 is 0 Å². The van der Waals surface area contributed by atoms with Crippen molar-refractivity contribution in [1.82, 2.24) is 9.55 Å². The van der Waals surface area contributed by atoms with E-state index >= 15 is 0 Å². The molecule has 1 aromatic heterocycles. The molecule has 0 saturated carbocycles. The van der Waals surface area contributed by atoms with E-state index in [1.54, 1.807) is 36.3 Å². The number of rotatable bonds is 8. The van der Waals surface area contributed by atoms with Crippen molar-refractivity contribution in [3.05, 3.63) is 87.6 Å². The first kappa shape index (κ1) is 20.8. The molecule has 0 aliphatic rings. The molecule has 0 radical (unpaired) electrons. The number of anilines is 1. The second-order valence-corrected chi connectivity index (χ2v) is 7.99. The maximum absolute atomic E-state index is 6.18. The van der Waals surface area contributed by atoms with Crippen LogP contribution in [0.15, 0.2) is 71.6 Å². The number of hydrazone groups is 1. The van der Waals surface area contributed by atoms with Crippen LogP contribution in [-0.4, -0.2) is 21.5 Å². The van der Waals surface area contributed by atoms with Gasteiger partial charge in [0, 0.05) is 10.8 Å². The lowest BCUT2D eigenvalue weighted by atomic mass is 10.2. The third-order valence-electron chi connectivity index (χ3n) is 3.74. The molecule has 2 aromatic carbocycles. The van der Waals surface area contributed by atoms with Crippen molar-refractivity contribution in [2.75, 3.05) is 11.2 Å². The molecule has 1 N–H and O–H groups in total. The molecule has 0 saturated heterocycles. The summed E-state index contributed by atoms with van der Waals surface area (Å²) in [6.45, 7) is 4.46. The molecule has 0 aliphatic carbocycles. The van der Waals surface area contributed by atoms with Gasteiger partial charge < -0.3 is 4.57 Å². The second kappa shape index (κ2) is 10.0. The molecular weight excluding hydrogens is 435 g/mol. The zero-order valence-corrected chi connectivity index (χ0v) is 17.9. The monoisotopic (exact) mass is 450 g/mol. The van der Waals surface area contributed by atoms with Gasteiger partial charge in [-0.25, -0.2) is 4.98 Å². The minimum Gasteiger partial charge on any atom is -0.314 e. The number of nitrogens with one attached hydrogen (secondary N) is 1. The van der Waals surface area contributed by atoms with Crippen molar-refractivity contribution in [3.8, 4) is 0 Å². The molecule has 0 fully saturated rings. The quantitative estimate of drug-likeness (QED) is 0.181. The van der Waals surface area contributed by atoms with Gasteiger partial charge in [-0.3, -0.25) is 5.43 Å². The Hall–Kier alpha value is -1.92. The summed E-state index contributed by atoms with van der Waals surface area (Å²) in [5.74, 6) is 0.774. The van der Waals surface area contributed by atoms with Crippen LogP contribution in [0, 0.1) is 0 Å². The molecule has 0 bridgehead atoms. The Morgan fingerprint density at radius 3 is 2.54 bits per heavy atom. The van der Waals surface area contributed by atoms with E-state index in [4.69, 9.17) is 34.8 Å². The van der Waals surface area contributed by atoms with Crippen LogP contribution in [0.1, 0.15) is 11.3 Å². The van der Waals surface area contributed by atoms with E-state index in [9.17, 15) is 0 Å². The van der Waals surface area contributed by atoms with E-state index in [0.717, 1.165) is 16.6 Å². The molecular formula is C20H17Cl3N4S. The molecule has 0 amide bonds. The van der Waals surface area contributed by atoms with Crippen LogP contribution in [0.3, 0.4) is 0 Å². The average Bonchev–Trinajstić information content (AvgIpc) is 3.04. The van der Waals surface area contributed by atoms with Gasteiger partial charge in [-0.05, 0) is 17.7 Å². The maximum Gasteiger partial charge on any atom is 0.169 e. The summed E-state index contributed by atoms with van der Waals surface area (Å²) in [6.07, 6.45) is 5.33. The standard InChI is InChI=1S/C20H17Cl3N4S/c1-2-8-28-20-24-11-16(27(20)13-14-6-4-3-5-7-14)12-25-26-19-17(22)9-15(21)10-18(19)23/h2-7,9-12,26H,1,8,13H2/b25-12+. The maximum atomic E-state index is 6.18. The van der Waals surface area contributed by atoms with Gasteiger partial charge in [-0.2, -0.15) is 5.10 Å². The molecule has 144 valence electrons. The third kappa shape index (κ3) is 5.32. The van der Waals surface area contributed by atoms with Crippen molar-refractivity contribution >= 4 is 58.5 Å². The molecule has 0 atom stereocenters. The molecule has 0 unspecified atom stereocenters. The number of hydrogen-bond acceptors (Lipinski definition) is 4. The van der Waals surface area contributed by atoms with Crippen LogP contribution < -0.4 is 5.43 Å². The van der Waals surface area contributed by atoms with E-state index in [-0.39, 0.29) is 0 Å². The average molecular weight is 452 g/mol. The zero-order valence-electron chi connectivity index (χ0n) is 14.8. The predicted molar refractivity (Wildman–Crippen MR) is 121 cm³/mol. The zero-order chi connectivity index (χ0) is 19.9. The van der Waals surface area contributed by atoms with Crippen LogP contribution in [0.2, 0.25) is 15.1 Å². The summed E-state index contributed by atoms with van der Waals surface area (Å²) in [4.78, 5) is 4.51. The number of halogens is 3. The number of thioether (sulfide) groups is 1. The van der Waals surface area contributed by atoms with Gasteiger partial charge in [0.2, 0.25) is 0 Å². The Balaban J connectivity index is 1.84. The van der Waals surface area contributed by atoms with Gasteiger partial charge in [0.15, 0.2) is 5.16 Å². The Morgan fingerprint density at radius 1 is 1.14 bits per heavy atom. The van der Waals surface area contributed by atoms with Crippen molar-refractivity contribution in [2.24, 2.45) is 5.10 Å². The van der Waals surface area contributed by atoms with Gasteiger partial charge >= 0.3 is 0 Å². The van der Waals surface area contributed by atoms with Crippen LogP contribution in [0.4, 0.5) is 5.69 Å². The lowest BCUT2D eigenvalue weighted by Gasteiger charge is -2.10. The second-order valence-electron chi connectivity index (χ2n) is 5.75. The Kier molecular flexibility index (Phi) is 7.45. The van der Waals surface area contributed by atoms with Crippen LogP contribution in [0.25, 0.3) is 0 Å². The number of imidazole rings is 1. The van der Waals surface area contributed by atoms with E-state index in [1.165, 1.54) is 5.56 Å². The van der Waals surface area contributed by atoms with Gasteiger partial charge in [0.25, 0.3) is 0 Å². The van der Waals surface area contributed by atoms with Crippen molar-refractivity contribution in [3.63, 3.8) is 0 Å². The highest BCUT2D eigenvalue weighted by Crippen LogP contribution is 2.33. The number of aromatic nitrogens is 2. The number of benzene rings is 2. The summed E-state index contributed by atoms with van der Waals surface area (Å²) < 4.78 is 2.10. The Morgan fingerprint density at radius 2 is 1.86 bits per heavy atom. The highest BCUT2D eigenvalue weighted by atomic mass is 35.5. The summed E-state index contributed by atoms with van der Waals surface area (Å²) in [7, 11) is 0. The van der Waals surface area contributed by atoms with E-state index in [1.807, 2.05) is 24.3 Å². The fourth-order valence-corrected chi connectivity index (χ4v) is 4.08. The van der Waals surface area contributed by atoms with Crippen LogP contribution in [-0.2, 0) is 6.54 Å². The fourth-order valence-electron chi connectivity index (χ4n) is 2.46. The van der Waals surface area contributed by atoms with Crippen molar-refractivity contribution in [2.45, 2.75) is 11.7 Å². The Bertz CT molecular complexity index is 963. The molecule has 0 aliphatic heterocycles. The Labute approximate surface area is 183 Å². The summed E-state index contributed by atoms with van der Waals surface area (Å²) >= 11 is 19.9. The molecule has 8 heteroatoms. The fraction of sp³-hybridized carbons (Fsp3) is 0.100. The first-order valence-electron chi connectivity index (χ1n) is 8.35. The SMILES string of the molecule is C=CCSc1ncc(/C=N/Nc2c(Cl)cc(Cl)cc2Cl)n1Cc1ccccc1. The minimum absolute atomic E-state index is 0.398. The van der Waals surface area contributed by atoms with Crippen molar-refractivity contribution in [1.29, 1.82) is 0 Å². The molecule has 4 nitrogen and oxygen atoms in total. The minimum atomic E-state index is 0.398. The number of hydrogen-bond donors (Lipinski definition) is 1. The lowest BCUT2D eigenvalue weighted by molar-refractivity contribution is 0.705. The normalized spacial score (nSPS) is 11.1. The van der Waals surface area contributed by atoms with E-state index in [0.29, 0.717) is 27.3 Å². The van der Waals surface area contributed by atoms with Crippen LogP contribution in [0.5, 0.6) is 0 Å². The molecule has 0 spiro atoms. The lowest BCUT2D eigenvalue weighted by Crippen LogP contribution is -2.06. The molecule has 1 heterocycles. The number of nitrogens with zero attached hydrogens (tertiary/aromatic N) is 3. The van der Waals surface area contributed by atoms with Crippen molar-refractivity contribution < 1.29 is 0 Å². The van der Waals surface area contributed by atoms with Gasteiger partial charge in [-0.1, -0.05) is 83.0 Å². The predicted octanol–water partition coefficient (Wildman–Crippen LogP) is 6.62. The molecule has 3 aromatic rings. The van der Waals surface area contributed by atoms with Gasteiger partial charge in [-0.15, -0.1) is 6.58 Å². The molecule has 28 heavy (non-hydrogen) atoms. The topological polar surface area (TPSA) is 42.2 Å². The van der Waals surface area contributed by atoms with Gasteiger partial charge in [0.05, 0.1) is 40.4 Å². The summed E-state index contributed by atoms with van der Waals surface area (Å²) in [6, 6.07) is 13.4. The van der Waals surface area contributed by atoms with Gasteiger partial charge in [0.1, 0.15) is 0 Å². The highest BCUT2D eigenvalue weighted by molar-refractivity contribution is 7.99. The third-order valence-corrected chi connectivity index (χ3v) is 5.54. The van der Waals surface area contributed by atoms with Crippen LogP contribution >= 0.6 is 46.6 Å². The molecule has 3 rings (SSSR count). The smallest absolute Gasteiger partial charge is 0.169 e. The first-order valence-corrected chi connectivity index (χ1v) is 10.5. The summed E-state index contributed by atoms with van der Waals surface area (Å²) in [5.41, 5.74) is 5.41. The first-order chi connectivity index (χ1) is 13.6. The highest BCUT2D eigenvalue weighted by Gasteiger charge is 2.10.